The first-order valence-electron chi connectivity index (χ1n) is 6.05. The normalized spacial score (nSPS) is 12.8. The molecule has 0 N–H and O–H groups in total. The van der Waals surface area contributed by atoms with Gasteiger partial charge in [0.1, 0.15) is 5.82 Å². The molecule has 0 amide bonds. The zero-order valence-corrected chi connectivity index (χ0v) is 13.5. The van der Waals surface area contributed by atoms with Gasteiger partial charge in [0.05, 0.1) is 9.85 Å². The molecule has 3 aromatic rings. The first kappa shape index (κ1) is 14.0. The van der Waals surface area contributed by atoms with Crippen molar-refractivity contribution in [3.8, 4) is 0 Å². The Morgan fingerprint density at radius 1 is 1.30 bits per heavy atom. The fraction of sp³-hybridized carbons (Fsp3) is 0.133. The molecule has 0 aliphatic rings. The average molecular weight is 371 g/mol. The van der Waals surface area contributed by atoms with Crippen LogP contribution in [0.4, 0.5) is 4.39 Å². The Kier molecular flexibility index (Phi) is 4.06. The lowest BCUT2D eigenvalue weighted by molar-refractivity contribution is 0.630. The first-order valence-corrected chi connectivity index (χ1v) is 8.16. The van der Waals surface area contributed by atoms with E-state index in [0.717, 1.165) is 22.1 Å². The number of nitrogens with zero attached hydrogens (tertiary/aromatic N) is 1. The molecular weight excluding hydrogens is 361 g/mol. The van der Waals surface area contributed by atoms with Crippen molar-refractivity contribution in [2.24, 2.45) is 0 Å². The molecule has 0 saturated carbocycles. The number of benzene rings is 1. The Morgan fingerprint density at radius 2 is 2.15 bits per heavy atom. The van der Waals surface area contributed by atoms with E-state index in [9.17, 15) is 4.39 Å². The molecule has 0 spiro atoms. The largest absolute Gasteiger partial charge is 0.263 e. The number of rotatable bonds is 3. The van der Waals surface area contributed by atoms with E-state index in [1.807, 2.05) is 12.1 Å². The third kappa shape index (κ3) is 2.87. The Bertz CT molecular complexity index is 758. The van der Waals surface area contributed by atoms with Crippen molar-refractivity contribution < 1.29 is 4.39 Å². The maximum absolute atomic E-state index is 13.2. The minimum absolute atomic E-state index is 0.155. The van der Waals surface area contributed by atoms with Crippen LogP contribution in [-0.2, 0) is 6.42 Å². The number of hydrogen-bond donors (Lipinski definition) is 0. The molecule has 0 aliphatic heterocycles. The highest BCUT2D eigenvalue weighted by Crippen LogP contribution is 2.37. The second-order valence-electron chi connectivity index (χ2n) is 4.47. The number of fused-ring (bicyclic) bond motifs is 1. The van der Waals surface area contributed by atoms with Gasteiger partial charge in [-0.2, -0.15) is 0 Å². The minimum atomic E-state index is -0.200. The third-order valence-electron chi connectivity index (χ3n) is 3.07. The van der Waals surface area contributed by atoms with Crippen LogP contribution in [0.5, 0.6) is 0 Å². The predicted molar refractivity (Wildman–Crippen MR) is 86.4 cm³/mol. The summed E-state index contributed by atoms with van der Waals surface area (Å²) in [6.07, 6.45) is 4.16. The number of hydrogen-bond acceptors (Lipinski definition) is 2. The van der Waals surface area contributed by atoms with E-state index < -0.39 is 0 Å². The van der Waals surface area contributed by atoms with E-state index in [1.54, 1.807) is 29.8 Å². The van der Waals surface area contributed by atoms with Crippen LogP contribution in [0.15, 0.2) is 42.7 Å². The van der Waals surface area contributed by atoms with Crippen molar-refractivity contribution in [1.29, 1.82) is 0 Å². The molecule has 1 nitrogen and oxygen atoms in total. The number of thiophene rings is 1. The topological polar surface area (TPSA) is 12.9 Å². The van der Waals surface area contributed by atoms with Gasteiger partial charge in [0.25, 0.3) is 0 Å². The highest BCUT2D eigenvalue weighted by Gasteiger charge is 2.14. The van der Waals surface area contributed by atoms with E-state index in [2.05, 4.69) is 27.0 Å². The average Bonchev–Trinajstić information content (AvgIpc) is 2.84. The van der Waals surface area contributed by atoms with Gasteiger partial charge in [0, 0.05) is 22.0 Å². The zero-order chi connectivity index (χ0) is 14.1. The van der Waals surface area contributed by atoms with Gasteiger partial charge < -0.3 is 0 Å². The van der Waals surface area contributed by atoms with Crippen LogP contribution in [-0.4, -0.2) is 4.98 Å². The Hall–Kier alpha value is -0.970. The summed E-state index contributed by atoms with van der Waals surface area (Å²) in [4.78, 5) is 5.30. The molecule has 1 atom stereocenters. The highest BCUT2D eigenvalue weighted by molar-refractivity contribution is 9.09. The van der Waals surface area contributed by atoms with Crippen molar-refractivity contribution in [1.82, 2.24) is 4.98 Å². The van der Waals surface area contributed by atoms with Crippen LogP contribution in [0.1, 0.15) is 15.3 Å². The second kappa shape index (κ2) is 5.80. The molecule has 1 unspecified atom stereocenters. The Labute approximate surface area is 133 Å². The van der Waals surface area contributed by atoms with Crippen molar-refractivity contribution in [2.75, 3.05) is 0 Å². The van der Waals surface area contributed by atoms with Crippen LogP contribution in [0.25, 0.3) is 10.1 Å². The van der Waals surface area contributed by atoms with Crippen LogP contribution in [0.3, 0.4) is 0 Å². The highest BCUT2D eigenvalue weighted by atomic mass is 79.9. The number of alkyl halides is 1. The van der Waals surface area contributed by atoms with E-state index in [4.69, 9.17) is 11.6 Å². The monoisotopic (exact) mass is 369 g/mol. The molecule has 3 rings (SSSR count). The smallest absolute Gasteiger partial charge is 0.124 e. The van der Waals surface area contributed by atoms with Crippen LogP contribution >= 0.6 is 38.9 Å². The Balaban J connectivity index is 1.89. The summed E-state index contributed by atoms with van der Waals surface area (Å²) in [7, 11) is 0. The first-order chi connectivity index (χ1) is 9.63. The van der Waals surface area contributed by atoms with Crippen LogP contribution in [0, 0.1) is 5.82 Å². The predicted octanol–water partition coefficient (Wildman–Crippen LogP) is 5.77. The van der Waals surface area contributed by atoms with Gasteiger partial charge in [-0.3, -0.25) is 4.98 Å². The summed E-state index contributed by atoms with van der Waals surface area (Å²) >= 11 is 11.4. The quantitative estimate of drug-likeness (QED) is 0.533. The number of pyridine rings is 1. The molecule has 5 heteroatoms. The van der Waals surface area contributed by atoms with Crippen molar-refractivity contribution in [3.05, 3.63) is 64.0 Å². The summed E-state index contributed by atoms with van der Waals surface area (Å²) in [6, 6.07) is 8.88. The fourth-order valence-electron chi connectivity index (χ4n) is 2.04. The van der Waals surface area contributed by atoms with E-state index >= 15 is 0 Å². The molecule has 102 valence electrons. The molecule has 0 bridgehead atoms. The summed E-state index contributed by atoms with van der Waals surface area (Å²) < 4.78 is 14.2. The summed E-state index contributed by atoms with van der Waals surface area (Å²) in [6.45, 7) is 0. The van der Waals surface area contributed by atoms with Gasteiger partial charge in [-0.1, -0.05) is 33.6 Å². The van der Waals surface area contributed by atoms with Gasteiger partial charge in [-0.05, 0) is 41.6 Å². The van der Waals surface area contributed by atoms with E-state index in [1.165, 1.54) is 10.9 Å². The lowest BCUT2D eigenvalue weighted by Gasteiger charge is -2.08. The maximum Gasteiger partial charge on any atom is 0.124 e. The molecule has 0 aliphatic carbocycles. The zero-order valence-electron chi connectivity index (χ0n) is 10.3. The molecule has 2 aromatic heterocycles. The molecule has 0 radical (unpaired) electrons. The lowest BCUT2D eigenvalue weighted by Crippen LogP contribution is -1.94. The van der Waals surface area contributed by atoms with Gasteiger partial charge in [-0.15, -0.1) is 11.3 Å². The lowest BCUT2D eigenvalue weighted by atomic mass is 10.1. The van der Waals surface area contributed by atoms with Crippen molar-refractivity contribution in [2.45, 2.75) is 11.2 Å². The van der Waals surface area contributed by atoms with Gasteiger partial charge in [0.15, 0.2) is 0 Å². The third-order valence-corrected chi connectivity index (χ3v) is 5.74. The molecule has 2 heterocycles. The van der Waals surface area contributed by atoms with E-state index in [0.29, 0.717) is 5.02 Å². The van der Waals surface area contributed by atoms with Crippen LogP contribution in [0.2, 0.25) is 5.02 Å². The summed E-state index contributed by atoms with van der Waals surface area (Å²) in [5, 5.41) is 1.74. The molecule has 20 heavy (non-hydrogen) atoms. The Morgan fingerprint density at radius 3 is 2.95 bits per heavy atom. The summed E-state index contributed by atoms with van der Waals surface area (Å²) in [5.41, 5.74) is 1.05. The van der Waals surface area contributed by atoms with Crippen LogP contribution < -0.4 is 0 Å². The number of halogens is 3. The SMILES string of the molecule is Fc1ccc2cc(C(Br)Cc3ccncc3Cl)sc2c1. The van der Waals surface area contributed by atoms with Gasteiger partial charge in [0.2, 0.25) is 0 Å². The fourth-order valence-corrected chi connectivity index (χ4v) is 4.07. The second-order valence-corrected chi connectivity index (χ2v) is 7.10. The molecule has 0 saturated heterocycles. The molecule has 1 aromatic carbocycles. The van der Waals surface area contributed by atoms with Gasteiger partial charge in [-0.25, -0.2) is 4.39 Å². The standard InChI is InChI=1S/C15H10BrClFNS/c16-12(5-9-3-4-19-8-13(9)17)15-6-10-1-2-11(18)7-14(10)20-15/h1-4,6-8,12H,5H2. The van der Waals surface area contributed by atoms with E-state index in [-0.39, 0.29) is 10.6 Å². The van der Waals surface area contributed by atoms with Crippen molar-refractivity contribution in [3.63, 3.8) is 0 Å². The molecule has 0 fully saturated rings. The summed E-state index contributed by atoms with van der Waals surface area (Å²) in [5.74, 6) is -0.200. The molecular formula is C15H10BrClFNS. The minimum Gasteiger partial charge on any atom is -0.263 e. The van der Waals surface area contributed by atoms with Gasteiger partial charge >= 0.3 is 0 Å². The number of aromatic nitrogens is 1. The maximum atomic E-state index is 13.2. The van der Waals surface area contributed by atoms with Crippen molar-refractivity contribution >= 4 is 49.0 Å².